The van der Waals surface area contributed by atoms with Gasteiger partial charge in [-0.3, -0.25) is 14.3 Å². The maximum Gasteiger partial charge on any atom is 0.328 e. The van der Waals surface area contributed by atoms with E-state index in [9.17, 15) is 14.0 Å². The fourth-order valence-corrected chi connectivity index (χ4v) is 5.58. The number of halogens is 1. The third-order valence-electron chi connectivity index (χ3n) is 5.30. The standard InChI is InChI=1S/C22H36FN4O6P/c1-14(2)27(15(3)4)34(32-11-9-24-7)33-19-17(6)31-13-18(20(19)30-10-8-23)26-12-16(5)21(28)25-22(26)29/h12,14-15,17-20H,8-11,13H2,1-6H3,(H,25,28,29)/t17-,18-,19-,20+,34?/m1/s1/i6D. The van der Waals surface area contributed by atoms with Crippen molar-refractivity contribution in [3.05, 3.63) is 44.0 Å². The van der Waals surface area contributed by atoms with Crippen molar-refractivity contribution in [2.24, 2.45) is 0 Å². The lowest BCUT2D eigenvalue weighted by molar-refractivity contribution is -0.167. The molecule has 0 saturated carbocycles. The molecular weight excluding hydrogens is 466 g/mol. The Hall–Kier alpha value is -1.67. The lowest BCUT2D eigenvalue weighted by atomic mass is 9.98. The van der Waals surface area contributed by atoms with Gasteiger partial charge in [0.15, 0.2) is 0 Å². The molecule has 0 amide bonds. The average Bonchev–Trinajstić information content (AvgIpc) is 2.80. The number of aromatic nitrogens is 2. The summed E-state index contributed by atoms with van der Waals surface area (Å²) in [6.07, 6.45) is -1.02. The van der Waals surface area contributed by atoms with E-state index < -0.39 is 50.8 Å². The van der Waals surface area contributed by atoms with Crippen LogP contribution < -0.4 is 11.2 Å². The van der Waals surface area contributed by atoms with E-state index in [0.717, 1.165) is 0 Å². The largest absolute Gasteiger partial charge is 0.373 e. The molecule has 10 nitrogen and oxygen atoms in total. The number of hydrogen-bond acceptors (Lipinski definition) is 7. The minimum Gasteiger partial charge on any atom is -0.373 e. The van der Waals surface area contributed by atoms with Crippen LogP contribution in [-0.4, -0.2) is 77.7 Å². The summed E-state index contributed by atoms with van der Waals surface area (Å²) < 4.78 is 48.8. The number of alkyl halides is 1. The highest BCUT2D eigenvalue weighted by molar-refractivity contribution is 7.44. The summed E-state index contributed by atoms with van der Waals surface area (Å²) >= 11 is 0. The van der Waals surface area contributed by atoms with Crippen LogP contribution in [0.2, 0.25) is 0 Å². The molecule has 0 aliphatic carbocycles. The van der Waals surface area contributed by atoms with Gasteiger partial charge in [-0.05, 0) is 41.5 Å². The first-order valence-electron chi connectivity index (χ1n) is 12.0. The summed E-state index contributed by atoms with van der Waals surface area (Å²) in [7, 11) is -1.71. The lowest BCUT2D eigenvalue weighted by Gasteiger charge is -2.44. The van der Waals surface area contributed by atoms with Crippen molar-refractivity contribution in [2.45, 2.75) is 78.0 Å². The molecule has 1 saturated heterocycles. The molecule has 1 unspecified atom stereocenters. The van der Waals surface area contributed by atoms with Crippen LogP contribution in [0.15, 0.2) is 15.8 Å². The zero-order valence-corrected chi connectivity index (χ0v) is 21.3. The maximum atomic E-state index is 13.2. The van der Waals surface area contributed by atoms with E-state index in [2.05, 4.69) is 9.83 Å². The van der Waals surface area contributed by atoms with Gasteiger partial charge in [-0.2, -0.15) is 0 Å². The molecule has 1 aromatic heterocycles. The lowest BCUT2D eigenvalue weighted by Crippen LogP contribution is -2.54. The first-order chi connectivity index (χ1) is 16.7. The topological polar surface area (TPSA) is 99.4 Å². The van der Waals surface area contributed by atoms with Crippen LogP contribution in [0.25, 0.3) is 4.85 Å². The van der Waals surface area contributed by atoms with Crippen molar-refractivity contribution in [2.75, 3.05) is 33.0 Å². The van der Waals surface area contributed by atoms with Crippen LogP contribution in [0.3, 0.4) is 0 Å². The van der Waals surface area contributed by atoms with Crippen LogP contribution in [0.4, 0.5) is 4.39 Å². The molecule has 1 aromatic rings. The number of rotatable bonds is 12. The smallest absolute Gasteiger partial charge is 0.328 e. The maximum absolute atomic E-state index is 13.2. The van der Waals surface area contributed by atoms with Crippen molar-refractivity contribution >= 4 is 8.53 Å². The third-order valence-corrected chi connectivity index (χ3v) is 7.43. The van der Waals surface area contributed by atoms with Gasteiger partial charge in [0.2, 0.25) is 6.54 Å². The third kappa shape index (κ3) is 7.17. The van der Waals surface area contributed by atoms with Gasteiger partial charge >= 0.3 is 5.69 Å². The molecule has 1 N–H and O–H groups in total. The van der Waals surface area contributed by atoms with E-state index in [1.165, 1.54) is 10.8 Å². The highest BCUT2D eigenvalue weighted by Crippen LogP contribution is 2.49. The fourth-order valence-electron chi connectivity index (χ4n) is 3.82. The summed E-state index contributed by atoms with van der Waals surface area (Å²) in [5.74, 6) is 0. The molecule has 1 aliphatic heterocycles. The van der Waals surface area contributed by atoms with Gasteiger partial charge in [-0.1, -0.05) is 0 Å². The van der Waals surface area contributed by atoms with E-state index in [0.29, 0.717) is 5.56 Å². The second kappa shape index (κ2) is 13.4. The monoisotopic (exact) mass is 503 g/mol. The molecule has 192 valence electrons. The Morgan fingerprint density at radius 1 is 1.35 bits per heavy atom. The number of nitrogens with zero attached hydrogens (tertiary/aromatic N) is 3. The van der Waals surface area contributed by atoms with Crippen LogP contribution in [0.5, 0.6) is 0 Å². The Balaban J connectivity index is 2.49. The van der Waals surface area contributed by atoms with Crippen LogP contribution >= 0.6 is 8.53 Å². The molecule has 1 aliphatic rings. The van der Waals surface area contributed by atoms with Gasteiger partial charge in [0.1, 0.15) is 25.5 Å². The Morgan fingerprint density at radius 2 is 2.06 bits per heavy atom. The van der Waals surface area contributed by atoms with Gasteiger partial charge < -0.3 is 23.4 Å². The molecule has 34 heavy (non-hydrogen) atoms. The van der Waals surface area contributed by atoms with E-state index >= 15 is 0 Å². The molecule has 1 fully saturated rings. The summed E-state index contributed by atoms with van der Waals surface area (Å²) in [5, 5.41) is 0. The quantitative estimate of drug-likeness (QED) is 0.266. The van der Waals surface area contributed by atoms with Crippen LogP contribution in [0.1, 0.15) is 47.6 Å². The summed E-state index contributed by atoms with van der Waals surface area (Å²) in [6.45, 7) is 15.8. The van der Waals surface area contributed by atoms with Crippen molar-refractivity contribution < 1.29 is 24.3 Å². The molecule has 5 atom stereocenters. The van der Waals surface area contributed by atoms with Crippen LogP contribution in [-0.2, 0) is 18.5 Å². The molecule has 0 aromatic carbocycles. The predicted octanol–water partition coefficient (Wildman–Crippen LogP) is 2.83. The second-order valence-electron chi connectivity index (χ2n) is 8.53. The first-order valence-corrected chi connectivity index (χ1v) is 12.4. The molecule has 0 radical (unpaired) electrons. The van der Waals surface area contributed by atoms with Gasteiger partial charge in [-0.25, -0.2) is 20.4 Å². The highest BCUT2D eigenvalue weighted by atomic mass is 31.2. The number of aryl methyl sites for hydroxylation is 1. The van der Waals surface area contributed by atoms with E-state index in [1.54, 1.807) is 6.92 Å². The van der Waals surface area contributed by atoms with E-state index in [1.807, 2.05) is 32.4 Å². The van der Waals surface area contributed by atoms with Gasteiger partial charge in [-0.15, -0.1) is 0 Å². The van der Waals surface area contributed by atoms with Gasteiger partial charge in [0, 0.05) is 25.2 Å². The molecule has 0 spiro atoms. The van der Waals surface area contributed by atoms with E-state index in [4.69, 9.17) is 26.5 Å². The summed E-state index contributed by atoms with van der Waals surface area (Å²) in [4.78, 5) is 30.1. The Kier molecular flexibility index (Phi) is 10.6. The number of hydrogen-bond donors (Lipinski definition) is 1. The molecule has 2 rings (SSSR count). The average molecular weight is 504 g/mol. The summed E-state index contributed by atoms with van der Waals surface area (Å²) in [6, 6.07) is -0.652. The van der Waals surface area contributed by atoms with E-state index in [-0.39, 0.29) is 45.3 Å². The zero-order chi connectivity index (χ0) is 26.1. The minimum absolute atomic E-state index is 0.0142. The minimum atomic E-state index is -1.71. The Morgan fingerprint density at radius 3 is 2.65 bits per heavy atom. The number of aromatic amines is 1. The molecular formula is C22H36FN4O6P. The molecule has 0 bridgehead atoms. The zero-order valence-electron chi connectivity index (χ0n) is 21.4. The summed E-state index contributed by atoms with van der Waals surface area (Å²) in [5.41, 5.74) is -0.820. The number of ether oxygens (including phenoxy) is 2. The Bertz CT molecular complexity index is 947. The highest BCUT2D eigenvalue weighted by Gasteiger charge is 2.44. The van der Waals surface area contributed by atoms with Crippen molar-refractivity contribution in [3.8, 4) is 0 Å². The predicted molar refractivity (Wildman–Crippen MR) is 128 cm³/mol. The fraction of sp³-hybridized carbons (Fsp3) is 0.773. The number of H-pyrrole nitrogens is 1. The van der Waals surface area contributed by atoms with Crippen molar-refractivity contribution in [1.29, 1.82) is 0 Å². The van der Waals surface area contributed by atoms with Crippen molar-refractivity contribution in [1.82, 2.24) is 14.2 Å². The Labute approximate surface area is 202 Å². The SMILES string of the molecule is [2H]C[C@H]1OC[C@@H](n2cc(C)c(=O)[nH]c2=O)[C@H](OCCF)[C@@H]1OP(OCC[N+]#[C-])N(C(C)C)C(C)C. The van der Waals surface area contributed by atoms with Gasteiger partial charge in [0.25, 0.3) is 14.1 Å². The van der Waals surface area contributed by atoms with Crippen molar-refractivity contribution in [3.63, 3.8) is 0 Å². The van der Waals surface area contributed by atoms with Gasteiger partial charge in [0.05, 0.1) is 25.4 Å². The first kappa shape index (κ1) is 26.9. The normalized spacial score (nSPS) is 24.4. The molecule has 12 heteroatoms. The van der Waals surface area contributed by atoms with Crippen LogP contribution in [0, 0.1) is 13.5 Å². The number of nitrogens with one attached hydrogen (secondary N) is 1. The molecule has 2 heterocycles. The second-order valence-corrected chi connectivity index (χ2v) is 9.94.